The van der Waals surface area contributed by atoms with Crippen LogP contribution in [-0.2, 0) is 4.79 Å². The summed E-state index contributed by atoms with van der Waals surface area (Å²) in [5.41, 5.74) is 1.18. The fraction of sp³-hybridized carbons (Fsp3) is 0.222. The van der Waals surface area contributed by atoms with Crippen LogP contribution in [0.2, 0.25) is 0 Å². The summed E-state index contributed by atoms with van der Waals surface area (Å²) in [6.45, 7) is 2.57. The van der Waals surface area contributed by atoms with Gasteiger partial charge in [-0.15, -0.1) is 0 Å². The number of carbonyl (C=O) groups excluding carboxylic acids is 2. The molecular formula is C18H16BrFN2O2. The van der Waals surface area contributed by atoms with E-state index in [0.29, 0.717) is 18.7 Å². The first-order valence-electron chi connectivity index (χ1n) is 7.61. The molecule has 6 heteroatoms. The monoisotopic (exact) mass is 390 g/mol. The molecule has 2 amide bonds. The molecular weight excluding hydrogens is 375 g/mol. The summed E-state index contributed by atoms with van der Waals surface area (Å²) in [7, 11) is 0. The standard InChI is InChI=1S/C18H16BrFN2O2/c1-12-17(23)22(16-4-2-3-14(19)11-16)10-9-21(12)18(24)13-5-7-15(20)8-6-13/h2-8,11-12H,9-10H2,1H3/t12-/m1/s1. The second-order valence-electron chi connectivity index (χ2n) is 5.65. The summed E-state index contributed by atoms with van der Waals surface area (Å²) in [5.74, 6) is -0.783. The molecule has 2 aromatic rings. The first-order chi connectivity index (χ1) is 11.5. The Hall–Kier alpha value is -2.21. The van der Waals surface area contributed by atoms with E-state index >= 15 is 0 Å². The van der Waals surface area contributed by atoms with E-state index in [1.54, 1.807) is 11.8 Å². The van der Waals surface area contributed by atoms with Crippen LogP contribution in [0.4, 0.5) is 10.1 Å². The van der Waals surface area contributed by atoms with Crippen molar-refractivity contribution in [1.82, 2.24) is 4.90 Å². The van der Waals surface area contributed by atoms with Gasteiger partial charge in [0, 0.05) is 28.8 Å². The van der Waals surface area contributed by atoms with Gasteiger partial charge >= 0.3 is 0 Å². The van der Waals surface area contributed by atoms with Crippen molar-refractivity contribution in [3.63, 3.8) is 0 Å². The van der Waals surface area contributed by atoms with Crippen molar-refractivity contribution >= 4 is 33.4 Å². The van der Waals surface area contributed by atoms with Crippen LogP contribution < -0.4 is 4.90 Å². The van der Waals surface area contributed by atoms with Crippen LogP contribution >= 0.6 is 15.9 Å². The highest BCUT2D eigenvalue weighted by molar-refractivity contribution is 9.10. The van der Waals surface area contributed by atoms with E-state index in [1.807, 2.05) is 24.3 Å². The lowest BCUT2D eigenvalue weighted by atomic mass is 10.1. The first-order valence-corrected chi connectivity index (χ1v) is 8.40. The molecule has 0 unspecified atom stereocenters. The lowest BCUT2D eigenvalue weighted by molar-refractivity contribution is -0.124. The summed E-state index contributed by atoms with van der Waals surface area (Å²) in [6, 6.07) is 12.3. The fourth-order valence-electron chi connectivity index (χ4n) is 2.81. The normalized spacial score (nSPS) is 18.0. The lowest BCUT2D eigenvalue weighted by Crippen LogP contribution is -2.57. The van der Waals surface area contributed by atoms with Gasteiger partial charge in [-0.1, -0.05) is 22.0 Å². The lowest BCUT2D eigenvalue weighted by Gasteiger charge is -2.39. The van der Waals surface area contributed by atoms with Crippen LogP contribution in [0.25, 0.3) is 0 Å². The zero-order valence-electron chi connectivity index (χ0n) is 13.1. The Labute approximate surface area is 148 Å². The number of carbonyl (C=O) groups is 2. The van der Waals surface area contributed by atoms with Gasteiger partial charge in [0.2, 0.25) is 5.91 Å². The third-order valence-corrected chi connectivity index (χ3v) is 4.62. The molecule has 1 atom stereocenters. The van der Waals surface area contributed by atoms with Gasteiger partial charge in [-0.3, -0.25) is 9.59 Å². The van der Waals surface area contributed by atoms with E-state index in [4.69, 9.17) is 0 Å². The number of anilines is 1. The molecule has 0 radical (unpaired) electrons. The minimum atomic E-state index is -0.574. The van der Waals surface area contributed by atoms with Crippen molar-refractivity contribution in [2.45, 2.75) is 13.0 Å². The van der Waals surface area contributed by atoms with E-state index in [9.17, 15) is 14.0 Å². The predicted molar refractivity (Wildman–Crippen MR) is 93.4 cm³/mol. The number of halogens is 2. The predicted octanol–water partition coefficient (Wildman–Crippen LogP) is 3.47. The minimum Gasteiger partial charge on any atom is -0.325 e. The minimum absolute atomic E-state index is 0.130. The average Bonchev–Trinajstić information content (AvgIpc) is 2.57. The molecule has 24 heavy (non-hydrogen) atoms. The van der Waals surface area contributed by atoms with Gasteiger partial charge in [-0.05, 0) is 49.4 Å². The summed E-state index contributed by atoms with van der Waals surface area (Å²) in [4.78, 5) is 28.5. The summed E-state index contributed by atoms with van der Waals surface area (Å²) in [5, 5.41) is 0. The summed E-state index contributed by atoms with van der Waals surface area (Å²) in [6.07, 6.45) is 0. The molecule has 0 N–H and O–H groups in total. The number of benzene rings is 2. The van der Waals surface area contributed by atoms with Crippen molar-refractivity contribution in [3.05, 3.63) is 64.4 Å². The molecule has 1 aliphatic heterocycles. The number of nitrogens with zero attached hydrogens (tertiary/aromatic N) is 2. The van der Waals surface area contributed by atoms with E-state index in [-0.39, 0.29) is 11.8 Å². The van der Waals surface area contributed by atoms with Gasteiger partial charge in [-0.25, -0.2) is 4.39 Å². The third kappa shape index (κ3) is 3.19. The maximum atomic E-state index is 13.0. The molecule has 0 bridgehead atoms. The smallest absolute Gasteiger partial charge is 0.254 e. The van der Waals surface area contributed by atoms with E-state index in [0.717, 1.165) is 10.2 Å². The van der Waals surface area contributed by atoms with Crippen LogP contribution in [0.15, 0.2) is 53.0 Å². The number of amides is 2. The number of hydrogen-bond acceptors (Lipinski definition) is 2. The Balaban J connectivity index is 1.79. The van der Waals surface area contributed by atoms with Crippen molar-refractivity contribution in [2.24, 2.45) is 0 Å². The molecule has 1 aliphatic rings. The largest absolute Gasteiger partial charge is 0.325 e. The van der Waals surface area contributed by atoms with Crippen molar-refractivity contribution in [2.75, 3.05) is 18.0 Å². The van der Waals surface area contributed by atoms with Crippen LogP contribution in [0.5, 0.6) is 0 Å². The van der Waals surface area contributed by atoms with Crippen LogP contribution in [0, 0.1) is 5.82 Å². The Kier molecular flexibility index (Phi) is 4.66. The second kappa shape index (κ2) is 6.73. The molecule has 0 spiro atoms. The van der Waals surface area contributed by atoms with Gasteiger partial charge < -0.3 is 9.80 Å². The molecule has 4 nitrogen and oxygen atoms in total. The van der Waals surface area contributed by atoms with Gasteiger partial charge in [0.05, 0.1) is 0 Å². The Morgan fingerprint density at radius 2 is 1.88 bits per heavy atom. The molecule has 2 aromatic carbocycles. The number of rotatable bonds is 2. The Bertz CT molecular complexity index is 779. The molecule has 1 fully saturated rings. The number of hydrogen-bond donors (Lipinski definition) is 0. The quantitative estimate of drug-likeness (QED) is 0.787. The third-order valence-electron chi connectivity index (χ3n) is 4.13. The highest BCUT2D eigenvalue weighted by Gasteiger charge is 2.35. The zero-order valence-corrected chi connectivity index (χ0v) is 14.7. The van der Waals surface area contributed by atoms with Crippen molar-refractivity contribution in [1.29, 1.82) is 0 Å². The van der Waals surface area contributed by atoms with Gasteiger partial charge in [-0.2, -0.15) is 0 Å². The molecule has 0 aromatic heterocycles. The Morgan fingerprint density at radius 3 is 2.54 bits per heavy atom. The maximum absolute atomic E-state index is 13.0. The summed E-state index contributed by atoms with van der Waals surface area (Å²) < 4.78 is 13.9. The Morgan fingerprint density at radius 1 is 1.17 bits per heavy atom. The average molecular weight is 391 g/mol. The molecule has 0 saturated carbocycles. The fourth-order valence-corrected chi connectivity index (χ4v) is 3.19. The maximum Gasteiger partial charge on any atom is 0.254 e. The topological polar surface area (TPSA) is 40.6 Å². The summed E-state index contributed by atoms with van der Waals surface area (Å²) >= 11 is 3.40. The highest BCUT2D eigenvalue weighted by atomic mass is 79.9. The molecule has 3 rings (SSSR count). The van der Waals surface area contributed by atoms with Gasteiger partial charge in [0.1, 0.15) is 11.9 Å². The molecule has 1 saturated heterocycles. The molecule has 124 valence electrons. The van der Waals surface area contributed by atoms with Crippen LogP contribution in [0.1, 0.15) is 17.3 Å². The zero-order chi connectivity index (χ0) is 17.3. The van der Waals surface area contributed by atoms with Crippen molar-refractivity contribution < 1.29 is 14.0 Å². The van der Waals surface area contributed by atoms with E-state index in [1.165, 1.54) is 29.2 Å². The van der Waals surface area contributed by atoms with Crippen molar-refractivity contribution in [3.8, 4) is 0 Å². The second-order valence-corrected chi connectivity index (χ2v) is 6.57. The van der Waals surface area contributed by atoms with Crippen LogP contribution in [-0.4, -0.2) is 35.8 Å². The molecule has 1 heterocycles. The molecule has 0 aliphatic carbocycles. The van der Waals surface area contributed by atoms with Gasteiger partial charge in [0.15, 0.2) is 0 Å². The van der Waals surface area contributed by atoms with Gasteiger partial charge in [0.25, 0.3) is 5.91 Å². The highest BCUT2D eigenvalue weighted by Crippen LogP contribution is 2.24. The van der Waals surface area contributed by atoms with Crippen LogP contribution in [0.3, 0.4) is 0 Å². The number of piperazine rings is 1. The SMILES string of the molecule is C[C@@H]1C(=O)N(c2cccc(Br)c2)CCN1C(=O)c1ccc(F)cc1. The first kappa shape index (κ1) is 16.6. The van der Waals surface area contributed by atoms with E-state index in [2.05, 4.69) is 15.9 Å². The van der Waals surface area contributed by atoms with E-state index < -0.39 is 11.9 Å².